The van der Waals surface area contributed by atoms with Gasteiger partial charge in [0.2, 0.25) is 0 Å². The predicted molar refractivity (Wildman–Crippen MR) is 96.9 cm³/mol. The maximum absolute atomic E-state index is 13.9. The first-order chi connectivity index (χ1) is 13.5. The fourth-order valence-corrected chi connectivity index (χ4v) is 3.38. The van der Waals surface area contributed by atoms with E-state index in [0.717, 1.165) is 12.1 Å². The molecule has 1 aliphatic rings. The second-order valence-electron chi connectivity index (χ2n) is 6.57. The highest BCUT2D eigenvalue weighted by molar-refractivity contribution is 6.04. The Morgan fingerprint density at radius 3 is 2.14 bits per heavy atom. The highest BCUT2D eigenvalue weighted by atomic mass is 19.1. The minimum absolute atomic E-state index is 0.187. The van der Waals surface area contributed by atoms with Crippen LogP contribution < -0.4 is 0 Å². The van der Waals surface area contributed by atoms with Gasteiger partial charge in [0.1, 0.15) is 22.7 Å². The standard InChI is InChI=1S/C20H17F2N3O3/c1-12-23-18-13(4-2-7-16(18)28-12)19(26)24-8-10-25(11-9-24)20(27)17-14(21)5-3-6-15(17)22/h2-7H,8-11H2,1H3. The molecule has 2 aromatic carbocycles. The number of carbonyl (C=O) groups is 2. The lowest BCUT2D eigenvalue weighted by molar-refractivity contribution is 0.0530. The van der Waals surface area contributed by atoms with Crippen molar-refractivity contribution in [3.8, 4) is 0 Å². The van der Waals surface area contributed by atoms with Gasteiger partial charge in [0.15, 0.2) is 11.5 Å². The summed E-state index contributed by atoms with van der Waals surface area (Å²) >= 11 is 0. The number of hydrogen-bond acceptors (Lipinski definition) is 4. The van der Waals surface area contributed by atoms with Crippen LogP contribution in [0.25, 0.3) is 11.1 Å². The lowest BCUT2D eigenvalue weighted by atomic mass is 10.1. The third-order valence-corrected chi connectivity index (χ3v) is 4.79. The van der Waals surface area contributed by atoms with Crippen molar-refractivity contribution in [2.24, 2.45) is 0 Å². The normalized spacial score (nSPS) is 14.5. The first-order valence-electron chi connectivity index (χ1n) is 8.84. The van der Waals surface area contributed by atoms with Crippen LogP contribution in [0.1, 0.15) is 26.6 Å². The van der Waals surface area contributed by atoms with Crippen LogP contribution in [-0.2, 0) is 0 Å². The van der Waals surface area contributed by atoms with Crippen molar-refractivity contribution in [3.05, 3.63) is 65.1 Å². The van der Waals surface area contributed by atoms with Crippen molar-refractivity contribution < 1.29 is 22.8 Å². The number of benzene rings is 2. The molecular weight excluding hydrogens is 368 g/mol. The van der Waals surface area contributed by atoms with Crippen molar-refractivity contribution >= 4 is 22.9 Å². The van der Waals surface area contributed by atoms with Gasteiger partial charge in [0, 0.05) is 33.1 Å². The Labute approximate surface area is 159 Å². The van der Waals surface area contributed by atoms with Crippen LogP contribution in [0.4, 0.5) is 8.78 Å². The van der Waals surface area contributed by atoms with Gasteiger partial charge < -0.3 is 14.2 Å². The number of hydrogen-bond donors (Lipinski definition) is 0. The van der Waals surface area contributed by atoms with E-state index < -0.39 is 23.1 Å². The highest BCUT2D eigenvalue weighted by Crippen LogP contribution is 2.22. The van der Waals surface area contributed by atoms with Crippen molar-refractivity contribution in [2.75, 3.05) is 26.2 Å². The Morgan fingerprint density at radius 1 is 0.929 bits per heavy atom. The van der Waals surface area contributed by atoms with Crippen LogP contribution in [0.15, 0.2) is 40.8 Å². The number of amides is 2. The van der Waals surface area contributed by atoms with Gasteiger partial charge in [-0.3, -0.25) is 9.59 Å². The fourth-order valence-electron chi connectivity index (χ4n) is 3.38. The second kappa shape index (κ2) is 7.03. The topological polar surface area (TPSA) is 66.7 Å². The Hall–Kier alpha value is -3.29. The molecule has 0 unspecified atom stereocenters. The number of carbonyl (C=O) groups excluding carboxylic acids is 2. The van der Waals surface area contributed by atoms with E-state index in [4.69, 9.17) is 4.42 Å². The number of piperazine rings is 1. The molecule has 0 aliphatic carbocycles. The summed E-state index contributed by atoms with van der Waals surface area (Å²) in [6.45, 7) is 2.60. The molecule has 0 radical (unpaired) electrons. The van der Waals surface area contributed by atoms with E-state index in [1.165, 1.54) is 11.0 Å². The van der Waals surface area contributed by atoms with Gasteiger partial charge in [0.05, 0.1) is 5.56 Å². The van der Waals surface area contributed by atoms with Gasteiger partial charge in [-0.2, -0.15) is 0 Å². The highest BCUT2D eigenvalue weighted by Gasteiger charge is 2.29. The molecule has 28 heavy (non-hydrogen) atoms. The minimum Gasteiger partial charge on any atom is -0.441 e. The maximum atomic E-state index is 13.9. The van der Waals surface area contributed by atoms with Crippen LogP contribution in [0.3, 0.4) is 0 Å². The summed E-state index contributed by atoms with van der Waals surface area (Å²) in [7, 11) is 0. The Kier molecular flexibility index (Phi) is 4.54. The number of nitrogens with zero attached hydrogens (tertiary/aromatic N) is 3. The largest absolute Gasteiger partial charge is 0.441 e. The molecule has 1 aromatic heterocycles. The van der Waals surface area contributed by atoms with E-state index >= 15 is 0 Å². The average molecular weight is 385 g/mol. The third-order valence-electron chi connectivity index (χ3n) is 4.79. The second-order valence-corrected chi connectivity index (χ2v) is 6.57. The number of oxazole rings is 1. The van der Waals surface area contributed by atoms with Gasteiger partial charge in [-0.05, 0) is 24.3 Å². The Balaban J connectivity index is 1.49. The number of para-hydroxylation sites is 1. The number of aromatic nitrogens is 1. The molecule has 0 spiro atoms. The van der Waals surface area contributed by atoms with Crippen molar-refractivity contribution in [2.45, 2.75) is 6.92 Å². The van der Waals surface area contributed by atoms with Crippen LogP contribution in [0, 0.1) is 18.6 Å². The van der Waals surface area contributed by atoms with E-state index in [0.29, 0.717) is 22.6 Å². The fraction of sp³-hybridized carbons (Fsp3) is 0.250. The van der Waals surface area contributed by atoms with E-state index in [2.05, 4.69) is 4.98 Å². The quantitative estimate of drug-likeness (QED) is 0.680. The third kappa shape index (κ3) is 3.11. The molecule has 8 heteroatoms. The predicted octanol–water partition coefficient (Wildman–Crippen LogP) is 3.01. The van der Waals surface area contributed by atoms with Crippen LogP contribution in [0.5, 0.6) is 0 Å². The summed E-state index contributed by atoms with van der Waals surface area (Å²) in [6.07, 6.45) is 0. The van der Waals surface area contributed by atoms with Gasteiger partial charge in [-0.25, -0.2) is 13.8 Å². The lowest BCUT2D eigenvalue weighted by Crippen LogP contribution is -2.50. The molecule has 3 aromatic rings. The molecule has 6 nitrogen and oxygen atoms in total. The van der Waals surface area contributed by atoms with E-state index in [-0.39, 0.29) is 32.1 Å². The number of aryl methyl sites for hydroxylation is 1. The zero-order chi connectivity index (χ0) is 19.8. The molecule has 2 amide bonds. The summed E-state index contributed by atoms with van der Waals surface area (Å²) < 4.78 is 33.2. The molecule has 2 heterocycles. The monoisotopic (exact) mass is 385 g/mol. The summed E-state index contributed by atoms with van der Waals surface area (Å²) in [4.78, 5) is 32.6. The molecule has 0 bridgehead atoms. The van der Waals surface area contributed by atoms with Gasteiger partial charge in [0.25, 0.3) is 11.8 Å². The van der Waals surface area contributed by atoms with Gasteiger partial charge >= 0.3 is 0 Å². The summed E-state index contributed by atoms with van der Waals surface area (Å²) in [5.41, 5.74) is 0.892. The van der Waals surface area contributed by atoms with Gasteiger partial charge in [-0.15, -0.1) is 0 Å². The number of fused-ring (bicyclic) bond motifs is 1. The Morgan fingerprint density at radius 2 is 1.50 bits per heavy atom. The molecule has 0 N–H and O–H groups in total. The first-order valence-corrected chi connectivity index (χ1v) is 8.84. The molecule has 4 rings (SSSR count). The summed E-state index contributed by atoms with van der Waals surface area (Å²) in [5, 5.41) is 0. The molecule has 1 fully saturated rings. The SMILES string of the molecule is Cc1nc2c(C(=O)N3CCN(C(=O)c4c(F)cccc4F)CC3)cccc2o1. The van der Waals surface area contributed by atoms with E-state index in [9.17, 15) is 18.4 Å². The van der Waals surface area contributed by atoms with Crippen molar-refractivity contribution in [3.63, 3.8) is 0 Å². The zero-order valence-corrected chi connectivity index (χ0v) is 15.1. The average Bonchev–Trinajstić information content (AvgIpc) is 3.07. The molecule has 0 atom stereocenters. The van der Waals surface area contributed by atoms with Gasteiger partial charge in [-0.1, -0.05) is 12.1 Å². The van der Waals surface area contributed by atoms with Crippen LogP contribution >= 0.6 is 0 Å². The van der Waals surface area contributed by atoms with Crippen molar-refractivity contribution in [1.29, 1.82) is 0 Å². The Bertz CT molecular complexity index is 1050. The van der Waals surface area contributed by atoms with Crippen molar-refractivity contribution in [1.82, 2.24) is 14.8 Å². The minimum atomic E-state index is -0.892. The summed E-state index contributed by atoms with van der Waals surface area (Å²) in [6, 6.07) is 8.46. The number of rotatable bonds is 2. The van der Waals surface area contributed by atoms with E-state index in [1.807, 2.05) is 0 Å². The molecule has 0 saturated carbocycles. The lowest BCUT2D eigenvalue weighted by Gasteiger charge is -2.35. The molecule has 1 aliphatic heterocycles. The van der Waals surface area contributed by atoms with Crippen LogP contribution in [-0.4, -0.2) is 52.8 Å². The number of halogens is 2. The van der Waals surface area contributed by atoms with E-state index in [1.54, 1.807) is 30.0 Å². The molecule has 144 valence electrons. The first kappa shape index (κ1) is 18.1. The maximum Gasteiger partial charge on any atom is 0.259 e. The summed E-state index contributed by atoms with van der Waals surface area (Å²) in [5.74, 6) is -2.24. The molecule has 1 saturated heterocycles. The smallest absolute Gasteiger partial charge is 0.259 e. The van der Waals surface area contributed by atoms with Crippen LogP contribution in [0.2, 0.25) is 0 Å². The molecular formula is C20H17F2N3O3. The zero-order valence-electron chi connectivity index (χ0n) is 15.1.